The van der Waals surface area contributed by atoms with Crippen LogP contribution in [-0.2, 0) is 4.79 Å². The van der Waals surface area contributed by atoms with Crippen LogP contribution < -0.4 is 20.1 Å². The maximum Gasteiger partial charge on any atom is 0.243 e. The summed E-state index contributed by atoms with van der Waals surface area (Å²) in [6.45, 7) is 0.0765. The molecule has 0 atom stereocenters. The molecule has 0 saturated carbocycles. The second-order valence-electron chi connectivity index (χ2n) is 4.60. The van der Waals surface area contributed by atoms with Crippen molar-refractivity contribution in [2.45, 2.75) is 0 Å². The highest BCUT2D eigenvalue weighted by molar-refractivity contribution is 6.42. The van der Waals surface area contributed by atoms with E-state index in [2.05, 4.69) is 10.6 Å². The van der Waals surface area contributed by atoms with Gasteiger partial charge in [-0.05, 0) is 30.3 Å². The fourth-order valence-corrected chi connectivity index (χ4v) is 2.18. The molecule has 0 aliphatic carbocycles. The SMILES string of the molecule is COc1ccc(NC(=O)CNc2ccc(Cl)c(Cl)c2)c(OC)c1. The summed E-state index contributed by atoms with van der Waals surface area (Å²) >= 11 is 11.8. The molecular weight excluding hydrogens is 339 g/mol. The molecule has 2 rings (SSSR count). The van der Waals surface area contributed by atoms with Gasteiger partial charge in [0.25, 0.3) is 0 Å². The molecule has 0 aliphatic heterocycles. The number of amides is 1. The predicted molar refractivity (Wildman–Crippen MR) is 93.1 cm³/mol. The Labute approximate surface area is 144 Å². The molecule has 1 amide bonds. The predicted octanol–water partition coefficient (Wildman–Crippen LogP) is 4.06. The van der Waals surface area contributed by atoms with Crippen molar-refractivity contribution in [2.75, 3.05) is 31.4 Å². The normalized spacial score (nSPS) is 10.1. The Morgan fingerprint density at radius 2 is 1.83 bits per heavy atom. The van der Waals surface area contributed by atoms with Crippen LogP contribution in [0.25, 0.3) is 0 Å². The van der Waals surface area contributed by atoms with Gasteiger partial charge in [-0.25, -0.2) is 0 Å². The van der Waals surface area contributed by atoms with Crippen molar-refractivity contribution in [3.8, 4) is 11.5 Å². The minimum absolute atomic E-state index is 0.0765. The maximum atomic E-state index is 12.0. The lowest BCUT2D eigenvalue weighted by molar-refractivity contribution is -0.114. The Balaban J connectivity index is 1.98. The zero-order valence-corrected chi connectivity index (χ0v) is 14.2. The van der Waals surface area contributed by atoms with Gasteiger partial charge in [0.15, 0.2) is 0 Å². The van der Waals surface area contributed by atoms with Crippen LogP contribution in [-0.4, -0.2) is 26.7 Å². The monoisotopic (exact) mass is 354 g/mol. The Kier molecular flexibility index (Phi) is 5.96. The Bertz CT molecular complexity index is 708. The number of carbonyl (C=O) groups is 1. The number of hydrogen-bond acceptors (Lipinski definition) is 4. The molecular formula is C16H16Cl2N2O3. The topological polar surface area (TPSA) is 59.6 Å². The van der Waals surface area contributed by atoms with Gasteiger partial charge < -0.3 is 20.1 Å². The van der Waals surface area contributed by atoms with E-state index in [1.165, 1.54) is 7.11 Å². The average Bonchev–Trinajstić information content (AvgIpc) is 2.56. The first-order chi connectivity index (χ1) is 11.0. The van der Waals surface area contributed by atoms with Gasteiger partial charge >= 0.3 is 0 Å². The minimum Gasteiger partial charge on any atom is -0.497 e. The molecule has 2 aromatic rings. The quantitative estimate of drug-likeness (QED) is 0.820. The smallest absolute Gasteiger partial charge is 0.243 e. The van der Waals surface area contributed by atoms with Gasteiger partial charge in [0.05, 0.1) is 36.5 Å². The number of halogens is 2. The van der Waals surface area contributed by atoms with Crippen LogP contribution in [0.3, 0.4) is 0 Å². The third-order valence-corrected chi connectivity index (χ3v) is 3.79. The summed E-state index contributed by atoms with van der Waals surface area (Å²) in [6, 6.07) is 10.2. The molecule has 2 aromatic carbocycles. The van der Waals surface area contributed by atoms with E-state index >= 15 is 0 Å². The van der Waals surface area contributed by atoms with Crippen LogP contribution in [0.5, 0.6) is 11.5 Å². The Morgan fingerprint density at radius 1 is 1.04 bits per heavy atom. The van der Waals surface area contributed by atoms with E-state index in [-0.39, 0.29) is 12.5 Å². The summed E-state index contributed by atoms with van der Waals surface area (Å²) in [5, 5.41) is 6.63. The van der Waals surface area contributed by atoms with Gasteiger partial charge in [0.1, 0.15) is 11.5 Å². The number of benzene rings is 2. The number of hydrogen-bond donors (Lipinski definition) is 2. The maximum absolute atomic E-state index is 12.0. The van der Waals surface area contributed by atoms with Gasteiger partial charge in [-0.1, -0.05) is 23.2 Å². The number of carbonyl (C=O) groups excluding carboxylic acids is 1. The second-order valence-corrected chi connectivity index (χ2v) is 5.41. The molecule has 23 heavy (non-hydrogen) atoms. The number of ether oxygens (including phenoxy) is 2. The third-order valence-electron chi connectivity index (χ3n) is 3.06. The van der Waals surface area contributed by atoms with E-state index in [9.17, 15) is 4.79 Å². The van der Waals surface area contributed by atoms with Crippen LogP contribution in [0, 0.1) is 0 Å². The highest BCUT2D eigenvalue weighted by Crippen LogP contribution is 2.29. The lowest BCUT2D eigenvalue weighted by Gasteiger charge is -2.12. The molecule has 0 saturated heterocycles. The molecule has 0 spiro atoms. The van der Waals surface area contributed by atoms with Crippen molar-refractivity contribution in [1.82, 2.24) is 0 Å². The Hall–Kier alpha value is -2.11. The van der Waals surface area contributed by atoms with E-state index < -0.39 is 0 Å². The molecule has 0 aromatic heterocycles. The van der Waals surface area contributed by atoms with Crippen molar-refractivity contribution in [1.29, 1.82) is 0 Å². The lowest BCUT2D eigenvalue weighted by atomic mass is 10.2. The summed E-state index contributed by atoms with van der Waals surface area (Å²) in [5.41, 5.74) is 1.27. The van der Waals surface area contributed by atoms with Crippen LogP contribution >= 0.6 is 23.2 Å². The highest BCUT2D eigenvalue weighted by Gasteiger charge is 2.09. The van der Waals surface area contributed by atoms with Crippen molar-refractivity contribution >= 4 is 40.5 Å². The van der Waals surface area contributed by atoms with Crippen molar-refractivity contribution in [3.63, 3.8) is 0 Å². The molecule has 5 nitrogen and oxygen atoms in total. The third kappa shape index (κ3) is 4.68. The van der Waals surface area contributed by atoms with Gasteiger partial charge in [-0.3, -0.25) is 4.79 Å². The van der Waals surface area contributed by atoms with Crippen LogP contribution in [0.2, 0.25) is 10.0 Å². The van der Waals surface area contributed by atoms with E-state index in [0.717, 1.165) is 0 Å². The number of nitrogens with one attached hydrogen (secondary N) is 2. The molecule has 0 aliphatic rings. The van der Waals surface area contributed by atoms with Crippen molar-refractivity contribution in [2.24, 2.45) is 0 Å². The zero-order chi connectivity index (χ0) is 16.8. The molecule has 0 bridgehead atoms. The second kappa shape index (κ2) is 7.94. The van der Waals surface area contributed by atoms with Gasteiger partial charge in [0, 0.05) is 11.8 Å². The lowest BCUT2D eigenvalue weighted by Crippen LogP contribution is -2.22. The van der Waals surface area contributed by atoms with E-state index in [0.29, 0.717) is 32.9 Å². The van der Waals surface area contributed by atoms with Crippen molar-refractivity contribution in [3.05, 3.63) is 46.4 Å². The first-order valence-corrected chi connectivity index (χ1v) is 7.50. The van der Waals surface area contributed by atoms with E-state index in [1.807, 2.05) is 0 Å². The molecule has 7 heteroatoms. The van der Waals surface area contributed by atoms with Crippen LogP contribution in [0.4, 0.5) is 11.4 Å². The summed E-state index contributed by atoms with van der Waals surface area (Å²) in [6.07, 6.45) is 0. The summed E-state index contributed by atoms with van der Waals surface area (Å²) < 4.78 is 10.3. The Morgan fingerprint density at radius 3 is 2.48 bits per heavy atom. The molecule has 0 fully saturated rings. The first kappa shape index (κ1) is 17.2. The zero-order valence-electron chi connectivity index (χ0n) is 12.7. The van der Waals surface area contributed by atoms with Gasteiger partial charge in [-0.15, -0.1) is 0 Å². The van der Waals surface area contributed by atoms with Crippen molar-refractivity contribution < 1.29 is 14.3 Å². The van der Waals surface area contributed by atoms with Gasteiger partial charge in [0.2, 0.25) is 5.91 Å². The largest absolute Gasteiger partial charge is 0.497 e. The minimum atomic E-state index is -0.223. The first-order valence-electron chi connectivity index (χ1n) is 6.74. The summed E-state index contributed by atoms with van der Waals surface area (Å²) in [7, 11) is 3.09. The molecule has 0 radical (unpaired) electrons. The highest BCUT2D eigenvalue weighted by atomic mass is 35.5. The average molecular weight is 355 g/mol. The fraction of sp³-hybridized carbons (Fsp3) is 0.188. The standard InChI is InChI=1S/C16H16Cl2N2O3/c1-22-11-4-6-14(15(8-11)23-2)20-16(21)9-19-10-3-5-12(17)13(18)7-10/h3-8,19H,9H2,1-2H3,(H,20,21). The van der Waals surface area contributed by atoms with Gasteiger partial charge in [-0.2, -0.15) is 0 Å². The molecule has 0 heterocycles. The van der Waals surface area contributed by atoms with E-state index in [4.69, 9.17) is 32.7 Å². The molecule has 122 valence electrons. The molecule has 0 unspecified atom stereocenters. The molecule has 2 N–H and O–H groups in total. The number of rotatable bonds is 6. The fourth-order valence-electron chi connectivity index (χ4n) is 1.88. The van der Waals surface area contributed by atoms with Crippen LogP contribution in [0.15, 0.2) is 36.4 Å². The number of anilines is 2. The number of methoxy groups -OCH3 is 2. The summed E-state index contributed by atoms with van der Waals surface area (Å²) in [5.74, 6) is 0.945. The summed E-state index contributed by atoms with van der Waals surface area (Å²) in [4.78, 5) is 12.0. The van der Waals surface area contributed by atoms with E-state index in [1.54, 1.807) is 43.5 Å². The van der Waals surface area contributed by atoms with Crippen LogP contribution in [0.1, 0.15) is 0 Å².